The summed E-state index contributed by atoms with van der Waals surface area (Å²) >= 11 is 0. The minimum absolute atomic E-state index is 0.431. The zero-order valence-corrected chi connectivity index (χ0v) is 10.4. The van der Waals surface area contributed by atoms with Crippen molar-refractivity contribution in [2.24, 2.45) is 5.92 Å². The molecule has 1 unspecified atom stereocenters. The van der Waals surface area contributed by atoms with E-state index in [0.29, 0.717) is 24.0 Å². The molecule has 2 N–H and O–H groups in total. The Hall–Kier alpha value is -1.71. The van der Waals surface area contributed by atoms with Gasteiger partial charge in [-0.1, -0.05) is 26.0 Å². The molecular weight excluding hydrogens is 218 g/mol. The zero-order valence-electron chi connectivity index (χ0n) is 10.4. The Labute approximate surface area is 102 Å². The molecule has 17 heavy (non-hydrogen) atoms. The van der Waals surface area contributed by atoms with E-state index in [1.165, 1.54) is 0 Å². The minimum Gasteiger partial charge on any atom is -0.491 e. The number of ether oxygens (including phenoxy) is 1. The molecule has 4 heteroatoms. The number of aliphatic carboxylic acids is 1. The van der Waals surface area contributed by atoms with Crippen molar-refractivity contribution in [1.29, 1.82) is 0 Å². The van der Waals surface area contributed by atoms with Crippen LogP contribution in [0.25, 0.3) is 0 Å². The summed E-state index contributed by atoms with van der Waals surface area (Å²) < 4.78 is 5.62. The Balaban J connectivity index is 2.73. The molecule has 0 heterocycles. The van der Waals surface area contributed by atoms with Gasteiger partial charge in [0.25, 0.3) is 0 Å². The average Bonchev–Trinajstić information content (AvgIpc) is 2.27. The Bertz CT molecular complexity index is 377. The number of benzene rings is 1. The molecule has 4 nitrogen and oxygen atoms in total. The highest BCUT2D eigenvalue weighted by Gasteiger charge is 2.12. The van der Waals surface area contributed by atoms with Crippen molar-refractivity contribution >= 4 is 11.7 Å². The molecule has 0 fully saturated rings. The molecule has 0 radical (unpaired) electrons. The second-order valence-electron chi connectivity index (χ2n) is 4.41. The molecule has 1 aromatic carbocycles. The summed E-state index contributed by atoms with van der Waals surface area (Å²) in [4.78, 5) is 10.8. The van der Waals surface area contributed by atoms with E-state index in [1.54, 1.807) is 6.92 Å². The van der Waals surface area contributed by atoms with Gasteiger partial charge in [-0.15, -0.1) is 0 Å². The van der Waals surface area contributed by atoms with Crippen LogP contribution in [0.5, 0.6) is 5.75 Å². The number of nitrogens with one attached hydrogen (secondary N) is 1. The van der Waals surface area contributed by atoms with Crippen LogP contribution >= 0.6 is 0 Å². The Kier molecular flexibility index (Phi) is 4.82. The van der Waals surface area contributed by atoms with Crippen molar-refractivity contribution in [3.8, 4) is 5.75 Å². The summed E-state index contributed by atoms with van der Waals surface area (Å²) in [5.74, 6) is 0.234. The molecule has 0 bridgehead atoms. The fraction of sp³-hybridized carbons (Fsp3) is 0.462. The van der Waals surface area contributed by atoms with Crippen LogP contribution in [0.2, 0.25) is 0 Å². The second-order valence-corrected chi connectivity index (χ2v) is 4.41. The van der Waals surface area contributed by atoms with Gasteiger partial charge in [-0.3, -0.25) is 4.79 Å². The fourth-order valence-corrected chi connectivity index (χ4v) is 1.26. The van der Waals surface area contributed by atoms with Crippen LogP contribution < -0.4 is 10.1 Å². The first kappa shape index (κ1) is 13.4. The van der Waals surface area contributed by atoms with E-state index >= 15 is 0 Å². The van der Waals surface area contributed by atoms with Gasteiger partial charge in [-0.2, -0.15) is 0 Å². The van der Waals surface area contributed by atoms with Crippen LogP contribution in [-0.2, 0) is 4.79 Å². The molecule has 0 aliphatic carbocycles. The van der Waals surface area contributed by atoms with Gasteiger partial charge >= 0.3 is 5.97 Å². The van der Waals surface area contributed by atoms with Crippen molar-refractivity contribution in [2.45, 2.75) is 26.8 Å². The van der Waals surface area contributed by atoms with Crippen molar-refractivity contribution in [3.63, 3.8) is 0 Å². The lowest BCUT2D eigenvalue weighted by atomic mass is 10.2. The number of hydrogen-bond donors (Lipinski definition) is 2. The average molecular weight is 237 g/mol. The lowest BCUT2D eigenvalue weighted by molar-refractivity contribution is -0.137. The van der Waals surface area contributed by atoms with E-state index < -0.39 is 12.0 Å². The highest BCUT2D eigenvalue weighted by Crippen LogP contribution is 2.24. The predicted octanol–water partition coefficient (Wildman–Crippen LogP) is 2.61. The van der Waals surface area contributed by atoms with E-state index in [1.807, 2.05) is 24.3 Å². The number of hydrogen-bond acceptors (Lipinski definition) is 3. The maximum Gasteiger partial charge on any atom is 0.325 e. The SMILES string of the molecule is CC(C)COc1ccccc1NC(C)C(=O)O. The van der Waals surface area contributed by atoms with Gasteiger partial charge in [-0.05, 0) is 25.0 Å². The largest absolute Gasteiger partial charge is 0.491 e. The maximum absolute atomic E-state index is 10.8. The number of para-hydroxylation sites is 2. The molecule has 0 aromatic heterocycles. The van der Waals surface area contributed by atoms with Crippen LogP contribution in [-0.4, -0.2) is 23.7 Å². The summed E-state index contributed by atoms with van der Waals surface area (Å²) in [5, 5.41) is 11.8. The van der Waals surface area contributed by atoms with Crippen LogP contribution in [0.1, 0.15) is 20.8 Å². The van der Waals surface area contributed by atoms with Gasteiger partial charge in [0.1, 0.15) is 11.8 Å². The first-order valence-corrected chi connectivity index (χ1v) is 5.72. The topological polar surface area (TPSA) is 58.6 Å². The lowest BCUT2D eigenvalue weighted by Gasteiger charge is -2.16. The minimum atomic E-state index is -0.885. The monoisotopic (exact) mass is 237 g/mol. The normalized spacial score (nSPS) is 12.2. The molecule has 0 saturated heterocycles. The molecule has 1 atom stereocenters. The number of carbonyl (C=O) groups is 1. The lowest BCUT2D eigenvalue weighted by Crippen LogP contribution is -2.25. The van der Waals surface area contributed by atoms with E-state index in [-0.39, 0.29) is 0 Å². The third kappa shape index (κ3) is 4.34. The predicted molar refractivity (Wildman–Crippen MR) is 67.5 cm³/mol. The van der Waals surface area contributed by atoms with E-state index in [2.05, 4.69) is 19.2 Å². The van der Waals surface area contributed by atoms with E-state index in [0.717, 1.165) is 0 Å². The summed E-state index contributed by atoms with van der Waals surface area (Å²) in [6.07, 6.45) is 0. The van der Waals surface area contributed by atoms with Gasteiger partial charge in [0.05, 0.1) is 12.3 Å². The smallest absolute Gasteiger partial charge is 0.325 e. The number of anilines is 1. The third-order valence-electron chi connectivity index (χ3n) is 2.20. The van der Waals surface area contributed by atoms with E-state index in [9.17, 15) is 4.79 Å². The molecule has 1 rings (SSSR count). The molecule has 0 aliphatic heterocycles. The molecule has 94 valence electrons. The first-order valence-electron chi connectivity index (χ1n) is 5.72. The number of carboxylic acids is 1. The Morgan fingerprint density at radius 1 is 1.35 bits per heavy atom. The molecule has 0 amide bonds. The highest BCUT2D eigenvalue weighted by atomic mass is 16.5. The molecule has 0 aliphatic rings. The van der Waals surface area contributed by atoms with Gasteiger partial charge in [0.15, 0.2) is 0 Å². The molecule has 1 aromatic rings. The summed E-state index contributed by atoms with van der Waals surface area (Å²) in [6, 6.07) is 6.72. The first-order chi connectivity index (χ1) is 8.00. The van der Waals surface area contributed by atoms with Crippen LogP contribution in [0.15, 0.2) is 24.3 Å². The van der Waals surface area contributed by atoms with Crippen LogP contribution in [0.4, 0.5) is 5.69 Å². The molecular formula is C13H19NO3. The maximum atomic E-state index is 10.8. The summed E-state index contributed by atoms with van der Waals surface area (Å²) in [5.41, 5.74) is 0.711. The quantitative estimate of drug-likeness (QED) is 0.798. The summed E-state index contributed by atoms with van der Waals surface area (Å²) in [6.45, 7) is 6.34. The number of rotatable bonds is 6. The third-order valence-corrected chi connectivity index (χ3v) is 2.20. The van der Waals surface area contributed by atoms with Gasteiger partial charge in [0, 0.05) is 0 Å². The Morgan fingerprint density at radius 3 is 2.59 bits per heavy atom. The van der Waals surface area contributed by atoms with Gasteiger partial charge in [0.2, 0.25) is 0 Å². The van der Waals surface area contributed by atoms with Crippen molar-refractivity contribution < 1.29 is 14.6 Å². The van der Waals surface area contributed by atoms with Crippen LogP contribution in [0, 0.1) is 5.92 Å². The molecule has 0 spiro atoms. The van der Waals surface area contributed by atoms with E-state index in [4.69, 9.17) is 9.84 Å². The highest BCUT2D eigenvalue weighted by molar-refractivity contribution is 5.77. The van der Waals surface area contributed by atoms with Crippen molar-refractivity contribution in [1.82, 2.24) is 0 Å². The Morgan fingerprint density at radius 2 is 2.00 bits per heavy atom. The molecule has 0 saturated carbocycles. The second kappa shape index (κ2) is 6.13. The number of carboxylic acid groups (broad SMARTS) is 1. The standard InChI is InChI=1S/C13H19NO3/c1-9(2)8-17-12-7-5-4-6-11(12)14-10(3)13(15)16/h4-7,9-10,14H,8H2,1-3H3,(H,15,16). The summed E-state index contributed by atoms with van der Waals surface area (Å²) in [7, 11) is 0. The van der Waals surface area contributed by atoms with Crippen molar-refractivity contribution in [3.05, 3.63) is 24.3 Å². The van der Waals surface area contributed by atoms with Crippen LogP contribution in [0.3, 0.4) is 0 Å². The van der Waals surface area contributed by atoms with Crippen molar-refractivity contribution in [2.75, 3.05) is 11.9 Å². The van der Waals surface area contributed by atoms with Gasteiger partial charge < -0.3 is 15.2 Å². The zero-order chi connectivity index (χ0) is 12.8. The van der Waals surface area contributed by atoms with Gasteiger partial charge in [-0.25, -0.2) is 0 Å². The fourth-order valence-electron chi connectivity index (χ4n) is 1.26.